The largest absolute Gasteiger partial charge is 0.350 e. The fourth-order valence-electron chi connectivity index (χ4n) is 1.05. The van der Waals surface area contributed by atoms with Crippen LogP contribution in [0.15, 0.2) is 0 Å². The molecule has 1 unspecified atom stereocenters. The lowest BCUT2D eigenvalue weighted by molar-refractivity contribution is -0.127. The number of nitrogens with one attached hydrogen (secondary N) is 1. The molecule has 62 valence electrons. The Morgan fingerprint density at radius 3 is 2.36 bits per heavy atom. The molecule has 11 heavy (non-hydrogen) atoms. The van der Waals surface area contributed by atoms with Crippen LogP contribution in [-0.4, -0.2) is 29.0 Å². The standard InChI is InChI=1S/C7H12N2OS/c1-4(2)5-6(10)9(3)7(11)8-5/h4-5H,1-3H3,(H,8,11). The molecule has 1 atom stereocenters. The molecule has 0 saturated carbocycles. The maximum Gasteiger partial charge on any atom is 0.251 e. The van der Waals surface area contributed by atoms with E-state index in [2.05, 4.69) is 5.32 Å². The zero-order valence-electron chi connectivity index (χ0n) is 6.92. The number of hydrogen-bond donors (Lipinski definition) is 1. The summed E-state index contributed by atoms with van der Waals surface area (Å²) in [7, 11) is 1.69. The highest BCUT2D eigenvalue weighted by Crippen LogP contribution is 2.11. The lowest BCUT2D eigenvalue weighted by Crippen LogP contribution is -2.33. The van der Waals surface area contributed by atoms with Crippen LogP contribution in [0.4, 0.5) is 0 Å². The normalized spacial score (nSPS) is 24.7. The smallest absolute Gasteiger partial charge is 0.251 e. The Hall–Kier alpha value is -0.640. The van der Waals surface area contributed by atoms with Crippen LogP contribution in [0.2, 0.25) is 0 Å². The van der Waals surface area contributed by atoms with E-state index in [1.807, 2.05) is 13.8 Å². The molecule has 1 amide bonds. The number of likely N-dealkylation sites (N-methyl/N-ethyl adjacent to an activating group) is 1. The van der Waals surface area contributed by atoms with Crippen molar-refractivity contribution in [1.29, 1.82) is 0 Å². The van der Waals surface area contributed by atoms with Gasteiger partial charge in [0.25, 0.3) is 5.91 Å². The minimum absolute atomic E-state index is 0.0741. The Bertz CT molecular complexity index is 203. The van der Waals surface area contributed by atoms with Crippen LogP contribution in [0.5, 0.6) is 0 Å². The average Bonchev–Trinajstić information content (AvgIpc) is 2.17. The van der Waals surface area contributed by atoms with Crippen molar-refractivity contribution in [3.05, 3.63) is 0 Å². The van der Waals surface area contributed by atoms with Crippen molar-refractivity contribution in [2.75, 3.05) is 7.05 Å². The summed E-state index contributed by atoms with van der Waals surface area (Å²) < 4.78 is 0. The first kappa shape index (κ1) is 8.46. The summed E-state index contributed by atoms with van der Waals surface area (Å²) in [5, 5.41) is 3.50. The molecule has 0 aromatic rings. The molecule has 4 heteroatoms. The molecule has 1 aliphatic rings. The van der Waals surface area contributed by atoms with E-state index in [1.165, 1.54) is 4.90 Å². The van der Waals surface area contributed by atoms with Crippen molar-refractivity contribution in [1.82, 2.24) is 10.2 Å². The van der Waals surface area contributed by atoms with Gasteiger partial charge in [-0.15, -0.1) is 0 Å². The minimum atomic E-state index is -0.118. The molecule has 0 radical (unpaired) electrons. The van der Waals surface area contributed by atoms with Gasteiger partial charge in [0.15, 0.2) is 5.11 Å². The molecule has 0 bridgehead atoms. The molecular formula is C7H12N2OS. The number of carbonyl (C=O) groups excluding carboxylic acids is 1. The number of nitrogens with zero attached hydrogens (tertiary/aromatic N) is 1. The highest BCUT2D eigenvalue weighted by Gasteiger charge is 2.34. The molecule has 0 aliphatic carbocycles. The number of amides is 1. The third-order valence-corrected chi connectivity index (χ3v) is 2.24. The van der Waals surface area contributed by atoms with Gasteiger partial charge >= 0.3 is 0 Å². The maximum absolute atomic E-state index is 11.3. The quantitative estimate of drug-likeness (QED) is 0.580. The number of carbonyl (C=O) groups is 1. The summed E-state index contributed by atoms with van der Waals surface area (Å²) in [6.45, 7) is 3.99. The second-order valence-electron chi connectivity index (χ2n) is 3.07. The van der Waals surface area contributed by atoms with Crippen LogP contribution in [-0.2, 0) is 4.79 Å². The highest BCUT2D eigenvalue weighted by molar-refractivity contribution is 7.80. The van der Waals surface area contributed by atoms with E-state index in [0.29, 0.717) is 11.0 Å². The molecule has 3 nitrogen and oxygen atoms in total. The number of rotatable bonds is 1. The van der Waals surface area contributed by atoms with Crippen molar-refractivity contribution >= 4 is 23.2 Å². The highest BCUT2D eigenvalue weighted by atomic mass is 32.1. The van der Waals surface area contributed by atoms with Gasteiger partial charge in [-0.05, 0) is 18.1 Å². The predicted octanol–water partition coefficient (Wildman–Crippen LogP) is 0.357. The summed E-state index contributed by atoms with van der Waals surface area (Å²) in [6, 6.07) is -0.118. The van der Waals surface area contributed by atoms with Crippen LogP contribution in [0.25, 0.3) is 0 Å². The topological polar surface area (TPSA) is 32.3 Å². The van der Waals surface area contributed by atoms with E-state index in [-0.39, 0.29) is 11.9 Å². The van der Waals surface area contributed by atoms with Crippen LogP contribution >= 0.6 is 12.2 Å². The molecule has 0 aromatic carbocycles. The molecule has 1 rings (SSSR count). The first-order chi connectivity index (χ1) is 5.04. The molecule has 1 aliphatic heterocycles. The summed E-state index contributed by atoms with van der Waals surface area (Å²) >= 11 is 4.91. The lowest BCUT2D eigenvalue weighted by Gasteiger charge is -2.11. The monoisotopic (exact) mass is 172 g/mol. The molecule has 0 spiro atoms. The van der Waals surface area contributed by atoms with Gasteiger partial charge < -0.3 is 5.32 Å². The first-order valence-electron chi connectivity index (χ1n) is 3.62. The zero-order chi connectivity index (χ0) is 8.59. The van der Waals surface area contributed by atoms with E-state index in [1.54, 1.807) is 7.05 Å². The second kappa shape index (κ2) is 2.77. The minimum Gasteiger partial charge on any atom is -0.350 e. The van der Waals surface area contributed by atoms with Gasteiger partial charge in [-0.3, -0.25) is 9.69 Å². The Morgan fingerprint density at radius 2 is 2.18 bits per heavy atom. The Balaban J connectivity index is 2.75. The SMILES string of the molecule is CC(C)C1NC(=S)N(C)C1=O. The van der Waals surface area contributed by atoms with E-state index < -0.39 is 0 Å². The van der Waals surface area contributed by atoms with Gasteiger partial charge in [0, 0.05) is 7.05 Å². The van der Waals surface area contributed by atoms with Crippen LogP contribution in [0, 0.1) is 5.92 Å². The van der Waals surface area contributed by atoms with Gasteiger partial charge in [0.2, 0.25) is 0 Å². The maximum atomic E-state index is 11.3. The number of hydrogen-bond acceptors (Lipinski definition) is 2. The van der Waals surface area contributed by atoms with Crippen LogP contribution in [0.3, 0.4) is 0 Å². The van der Waals surface area contributed by atoms with E-state index in [0.717, 1.165) is 0 Å². The molecule has 1 fully saturated rings. The first-order valence-corrected chi connectivity index (χ1v) is 4.03. The fourth-order valence-corrected chi connectivity index (χ4v) is 1.27. The van der Waals surface area contributed by atoms with E-state index in [9.17, 15) is 4.79 Å². The van der Waals surface area contributed by atoms with E-state index >= 15 is 0 Å². The Labute approximate surface area is 71.8 Å². The van der Waals surface area contributed by atoms with Crippen molar-refractivity contribution in [3.63, 3.8) is 0 Å². The van der Waals surface area contributed by atoms with Crippen LogP contribution < -0.4 is 5.32 Å². The van der Waals surface area contributed by atoms with Gasteiger partial charge in [0.05, 0.1) is 0 Å². The molecule has 1 heterocycles. The third kappa shape index (κ3) is 1.35. The van der Waals surface area contributed by atoms with Crippen molar-refractivity contribution in [2.24, 2.45) is 5.92 Å². The summed E-state index contributed by atoms with van der Waals surface area (Å²) in [5.74, 6) is 0.371. The summed E-state index contributed by atoms with van der Waals surface area (Å²) in [6.07, 6.45) is 0. The third-order valence-electron chi connectivity index (χ3n) is 1.85. The molecule has 1 saturated heterocycles. The van der Waals surface area contributed by atoms with Crippen LogP contribution in [0.1, 0.15) is 13.8 Å². The van der Waals surface area contributed by atoms with Gasteiger partial charge in [0.1, 0.15) is 6.04 Å². The van der Waals surface area contributed by atoms with E-state index in [4.69, 9.17) is 12.2 Å². The molecular weight excluding hydrogens is 160 g/mol. The Morgan fingerprint density at radius 1 is 1.64 bits per heavy atom. The fraction of sp³-hybridized carbons (Fsp3) is 0.714. The molecule has 0 aromatic heterocycles. The van der Waals surface area contributed by atoms with Gasteiger partial charge in [-0.25, -0.2) is 0 Å². The number of thiocarbonyl (C=S) groups is 1. The zero-order valence-corrected chi connectivity index (χ0v) is 7.73. The van der Waals surface area contributed by atoms with Crippen molar-refractivity contribution in [2.45, 2.75) is 19.9 Å². The van der Waals surface area contributed by atoms with Gasteiger partial charge in [-0.2, -0.15) is 0 Å². The average molecular weight is 172 g/mol. The van der Waals surface area contributed by atoms with Crippen molar-refractivity contribution in [3.8, 4) is 0 Å². The Kier molecular flexibility index (Phi) is 2.13. The summed E-state index contributed by atoms with van der Waals surface area (Å²) in [5.41, 5.74) is 0. The van der Waals surface area contributed by atoms with Crippen molar-refractivity contribution < 1.29 is 4.79 Å². The second-order valence-corrected chi connectivity index (χ2v) is 3.46. The lowest BCUT2D eigenvalue weighted by atomic mass is 10.1. The predicted molar refractivity (Wildman–Crippen MR) is 47.1 cm³/mol. The molecule has 1 N–H and O–H groups in total. The summed E-state index contributed by atoms with van der Waals surface area (Å²) in [4.78, 5) is 12.8. The van der Waals surface area contributed by atoms with Gasteiger partial charge in [-0.1, -0.05) is 13.8 Å².